The Morgan fingerprint density at radius 1 is 1.37 bits per heavy atom. The second-order valence-electron chi connectivity index (χ2n) is 4.58. The first-order chi connectivity index (χ1) is 9.04. The van der Waals surface area contributed by atoms with Crippen molar-refractivity contribution in [3.63, 3.8) is 0 Å². The highest BCUT2D eigenvalue weighted by Crippen LogP contribution is 2.27. The molecule has 5 heteroatoms. The molecule has 0 aromatic heterocycles. The fourth-order valence-corrected chi connectivity index (χ4v) is 3.80. The van der Waals surface area contributed by atoms with E-state index in [9.17, 15) is 8.42 Å². The van der Waals surface area contributed by atoms with Gasteiger partial charge in [-0.1, -0.05) is 17.9 Å². The topological polar surface area (TPSA) is 57.6 Å². The molecule has 1 heterocycles. The third-order valence-electron chi connectivity index (χ3n) is 3.07. The molecule has 0 spiro atoms. The lowest BCUT2D eigenvalue weighted by Crippen LogP contribution is -2.38. The summed E-state index contributed by atoms with van der Waals surface area (Å²) in [5.41, 5.74) is 2.26. The van der Waals surface area contributed by atoms with Crippen LogP contribution >= 0.6 is 0 Å². The maximum absolute atomic E-state index is 12.1. The Kier molecular flexibility index (Phi) is 4.13. The summed E-state index contributed by atoms with van der Waals surface area (Å²) in [7, 11) is -3.24. The molecule has 0 atom stereocenters. The molecule has 0 bridgehead atoms. The minimum Gasteiger partial charge on any atom is -0.384 e. The van der Waals surface area contributed by atoms with Crippen molar-refractivity contribution in [1.29, 1.82) is 0 Å². The van der Waals surface area contributed by atoms with Gasteiger partial charge >= 0.3 is 0 Å². The van der Waals surface area contributed by atoms with Crippen LogP contribution in [0.5, 0.6) is 0 Å². The van der Waals surface area contributed by atoms with Crippen molar-refractivity contribution in [3.8, 4) is 11.8 Å². The zero-order valence-corrected chi connectivity index (χ0v) is 11.7. The summed E-state index contributed by atoms with van der Waals surface area (Å²) in [5, 5.41) is 8.78. The molecule has 19 heavy (non-hydrogen) atoms. The van der Waals surface area contributed by atoms with Crippen molar-refractivity contribution in [2.24, 2.45) is 0 Å². The Hall–Kier alpha value is -1.51. The van der Waals surface area contributed by atoms with E-state index < -0.39 is 10.0 Å². The van der Waals surface area contributed by atoms with Gasteiger partial charge in [0, 0.05) is 12.1 Å². The number of nitrogens with zero attached hydrogens (tertiary/aromatic N) is 1. The van der Waals surface area contributed by atoms with Gasteiger partial charge in [-0.15, -0.1) is 0 Å². The van der Waals surface area contributed by atoms with Crippen molar-refractivity contribution in [2.75, 3.05) is 23.2 Å². The van der Waals surface area contributed by atoms with Crippen LogP contribution < -0.4 is 4.31 Å². The SMILES string of the molecule is Cc1ccc(C#CCO)c(N2CCCCS2(=O)=O)c1. The van der Waals surface area contributed by atoms with E-state index in [0.717, 1.165) is 12.0 Å². The number of benzene rings is 1. The molecule has 1 aliphatic heterocycles. The third-order valence-corrected chi connectivity index (χ3v) is 4.93. The van der Waals surface area contributed by atoms with Crippen LogP contribution in [0.1, 0.15) is 24.0 Å². The number of anilines is 1. The molecule has 0 radical (unpaired) electrons. The summed E-state index contributed by atoms with van der Waals surface area (Å²) >= 11 is 0. The smallest absolute Gasteiger partial charge is 0.235 e. The summed E-state index contributed by atoms with van der Waals surface area (Å²) in [5.74, 6) is 5.58. The van der Waals surface area contributed by atoms with E-state index in [4.69, 9.17) is 5.11 Å². The van der Waals surface area contributed by atoms with Crippen molar-refractivity contribution in [2.45, 2.75) is 19.8 Å². The summed E-state index contributed by atoms with van der Waals surface area (Å²) in [4.78, 5) is 0. The molecule has 1 N–H and O–H groups in total. The summed E-state index contributed by atoms with van der Waals surface area (Å²) < 4.78 is 25.7. The first kappa shape index (κ1) is 13.9. The highest BCUT2D eigenvalue weighted by molar-refractivity contribution is 7.92. The van der Waals surface area contributed by atoms with E-state index in [-0.39, 0.29) is 12.4 Å². The largest absolute Gasteiger partial charge is 0.384 e. The van der Waals surface area contributed by atoms with Crippen LogP contribution in [-0.2, 0) is 10.0 Å². The lowest BCUT2D eigenvalue weighted by atomic mass is 10.1. The zero-order valence-electron chi connectivity index (χ0n) is 10.9. The highest BCUT2D eigenvalue weighted by atomic mass is 32.2. The number of aliphatic hydroxyl groups excluding tert-OH is 1. The minimum atomic E-state index is -3.24. The molecule has 1 fully saturated rings. The average molecular weight is 279 g/mol. The number of sulfonamides is 1. The van der Waals surface area contributed by atoms with Gasteiger partial charge in [-0.25, -0.2) is 8.42 Å². The Bertz CT molecular complexity index is 626. The van der Waals surface area contributed by atoms with Gasteiger partial charge < -0.3 is 5.11 Å². The monoisotopic (exact) mass is 279 g/mol. The van der Waals surface area contributed by atoms with E-state index in [1.54, 1.807) is 6.07 Å². The Labute approximate surface area is 114 Å². The van der Waals surface area contributed by atoms with E-state index in [2.05, 4.69) is 11.8 Å². The number of hydrogen-bond acceptors (Lipinski definition) is 3. The quantitative estimate of drug-likeness (QED) is 0.788. The lowest BCUT2D eigenvalue weighted by Gasteiger charge is -2.29. The molecule has 0 aliphatic carbocycles. The minimum absolute atomic E-state index is 0.188. The van der Waals surface area contributed by atoms with E-state index in [1.165, 1.54) is 4.31 Å². The summed E-state index contributed by atoms with van der Waals surface area (Å²) in [6, 6.07) is 5.53. The number of aryl methyl sites for hydroxylation is 1. The second kappa shape index (κ2) is 5.64. The third kappa shape index (κ3) is 3.09. The zero-order chi connectivity index (χ0) is 13.9. The standard InChI is InChI=1S/C14H17NO3S/c1-12-6-7-13(5-4-9-16)14(11-12)15-8-2-3-10-19(15,17)18/h6-7,11,16H,2-3,8-10H2,1H3. The van der Waals surface area contributed by atoms with Crippen LogP contribution in [0.15, 0.2) is 18.2 Å². The second-order valence-corrected chi connectivity index (χ2v) is 6.59. The highest BCUT2D eigenvalue weighted by Gasteiger charge is 2.27. The number of hydrogen-bond donors (Lipinski definition) is 1. The normalized spacial score (nSPS) is 17.7. The van der Waals surface area contributed by atoms with Crippen LogP contribution in [-0.4, -0.2) is 32.4 Å². The maximum Gasteiger partial charge on any atom is 0.235 e. The van der Waals surface area contributed by atoms with Crippen molar-refractivity contribution < 1.29 is 13.5 Å². The van der Waals surface area contributed by atoms with Crippen molar-refractivity contribution in [3.05, 3.63) is 29.3 Å². The molecule has 1 aromatic rings. The van der Waals surface area contributed by atoms with Crippen LogP contribution in [0.3, 0.4) is 0 Å². The lowest BCUT2D eigenvalue weighted by molar-refractivity contribution is 0.350. The Morgan fingerprint density at radius 3 is 2.84 bits per heavy atom. The van der Waals surface area contributed by atoms with Crippen molar-refractivity contribution >= 4 is 15.7 Å². The molecule has 1 aliphatic rings. The molecular weight excluding hydrogens is 262 g/mol. The number of rotatable bonds is 1. The van der Waals surface area contributed by atoms with Gasteiger partial charge in [-0.05, 0) is 37.5 Å². The van der Waals surface area contributed by atoms with Gasteiger partial charge in [-0.3, -0.25) is 4.31 Å². The molecule has 2 rings (SSSR count). The maximum atomic E-state index is 12.1. The fraction of sp³-hybridized carbons (Fsp3) is 0.429. The Morgan fingerprint density at radius 2 is 2.16 bits per heavy atom. The molecule has 0 unspecified atom stereocenters. The van der Waals surface area contributed by atoms with Gasteiger partial charge in [0.15, 0.2) is 0 Å². The molecule has 0 amide bonds. The van der Waals surface area contributed by atoms with Gasteiger partial charge in [0.25, 0.3) is 0 Å². The predicted octanol–water partition coefficient (Wildman–Crippen LogP) is 1.27. The van der Waals surface area contributed by atoms with E-state index >= 15 is 0 Å². The van der Waals surface area contributed by atoms with Gasteiger partial charge in [0.2, 0.25) is 10.0 Å². The average Bonchev–Trinajstić information content (AvgIpc) is 2.37. The van der Waals surface area contributed by atoms with Gasteiger partial charge in [0.1, 0.15) is 6.61 Å². The predicted molar refractivity (Wildman–Crippen MR) is 75.5 cm³/mol. The van der Waals surface area contributed by atoms with Crippen LogP contribution in [0.4, 0.5) is 5.69 Å². The molecule has 1 saturated heterocycles. The Balaban J connectivity index is 2.50. The van der Waals surface area contributed by atoms with Gasteiger partial charge in [-0.2, -0.15) is 0 Å². The first-order valence-electron chi connectivity index (χ1n) is 6.25. The molecule has 0 saturated carbocycles. The van der Waals surface area contributed by atoms with Crippen LogP contribution in [0, 0.1) is 18.8 Å². The van der Waals surface area contributed by atoms with Crippen molar-refractivity contribution in [1.82, 2.24) is 0 Å². The summed E-state index contributed by atoms with van der Waals surface area (Å²) in [6.45, 7) is 2.18. The molecule has 102 valence electrons. The van der Waals surface area contributed by atoms with Crippen LogP contribution in [0.2, 0.25) is 0 Å². The first-order valence-corrected chi connectivity index (χ1v) is 7.86. The van der Waals surface area contributed by atoms with Crippen LogP contribution in [0.25, 0.3) is 0 Å². The van der Waals surface area contributed by atoms with E-state index in [0.29, 0.717) is 24.2 Å². The fourth-order valence-electron chi connectivity index (χ4n) is 2.15. The molecule has 4 nitrogen and oxygen atoms in total. The molecular formula is C14H17NO3S. The van der Waals surface area contributed by atoms with Gasteiger partial charge in [0.05, 0.1) is 11.4 Å². The summed E-state index contributed by atoms with van der Waals surface area (Å²) in [6.07, 6.45) is 1.57. The molecule has 1 aromatic carbocycles. The van der Waals surface area contributed by atoms with E-state index in [1.807, 2.05) is 19.1 Å². The number of aliphatic hydroxyl groups is 1.